The van der Waals surface area contributed by atoms with Crippen molar-refractivity contribution in [3.8, 4) is 0 Å². The minimum absolute atomic E-state index is 0.0663. The minimum atomic E-state index is -0.397. The summed E-state index contributed by atoms with van der Waals surface area (Å²) >= 11 is 0. The van der Waals surface area contributed by atoms with Gasteiger partial charge in [0.1, 0.15) is 0 Å². The van der Waals surface area contributed by atoms with Crippen LogP contribution in [0.5, 0.6) is 0 Å². The number of benzene rings is 1. The second kappa shape index (κ2) is 7.81. The number of carbonyl (C=O) groups is 2. The Morgan fingerprint density at radius 2 is 1.73 bits per heavy atom. The van der Waals surface area contributed by atoms with Crippen molar-refractivity contribution in [3.05, 3.63) is 35.4 Å². The molecule has 1 aromatic carbocycles. The largest absolute Gasteiger partial charge is 0.355 e. The Bertz CT molecular complexity index is 641. The quantitative estimate of drug-likeness (QED) is 0.893. The van der Waals surface area contributed by atoms with Crippen LogP contribution >= 0.6 is 0 Å². The molecule has 0 radical (unpaired) electrons. The smallest absolute Gasteiger partial charge is 0.227 e. The average molecular weight is 359 g/mol. The number of hydrogen-bond acceptors (Lipinski definition) is 2. The topological polar surface area (TPSA) is 49.4 Å². The summed E-state index contributed by atoms with van der Waals surface area (Å²) in [4.78, 5) is 27.1. The summed E-state index contributed by atoms with van der Waals surface area (Å²) in [6.07, 6.45) is 1.74. The lowest BCUT2D eigenvalue weighted by Crippen LogP contribution is -2.49. The van der Waals surface area contributed by atoms with E-state index in [4.69, 9.17) is 0 Å². The van der Waals surface area contributed by atoms with Gasteiger partial charge in [-0.2, -0.15) is 0 Å². The fourth-order valence-electron chi connectivity index (χ4n) is 3.41. The molecule has 0 aromatic heterocycles. The lowest BCUT2D eigenvalue weighted by Gasteiger charge is -2.36. The van der Waals surface area contributed by atoms with Crippen LogP contribution in [0.2, 0.25) is 0 Å². The van der Waals surface area contributed by atoms with Gasteiger partial charge in [0.05, 0.1) is 5.92 Å². The zero-order chi connectivity index (χ0) is 19.5. The highest BCUT2D eigenvalue weighted by Crippen LogP contribution is 2.25. The maximum Gasteiger partial charge on any atom is 0.227 e. The first-order chi connectivity index (χ1) is 12.0. The zero-order valence-electron chi connectivity index (χ0n) is 17.2. The highest BCUT2D eigenvalue weighted by atomic mass is 16.2. The molecule has 0 aliphatic carbocycles. The molecule has 0 saturated carbocycles. The van der Waals surface area contributed by atoms with Crippen molar-refractivity contribution in [3.63, 3.8) is 0 Å². The van der Waals surface area contributed by atoms with Crippen LogP contribution in [0.15, 0.2) is 24.3 Å². The van der Waals surface area contributed by atoms with E-state index in [0.29, 0.717) is 13.1 Å². The number of amides is 2. The molecular formula is C22H34N2O2. The second-order valence-corrected chi connectivity index (χ2v) is 9.31. The van der Waals surface area contributed by atoms with Gasteiger partial charge in [0.2, 0.25) is 11.8 Å². The highest BCUT2D eigenvalue weighted by molar-refractivity contribution is 5.84. The molecule has 2 rings (SSSR count). The van der Waals surface area contributed by atoms with Gasteiger partial charge in [-0.1, -0.05) is 64.4 Å². The molecule has 1 atom stereocenters. The molecule has 4 nitrogen and oxygen atoms in total. The molecule has 1 aromatic rings. The Morgan fingerprint density at radius 3 is 2.31 bits per heavy atom. The standard InChI is InChI=1S/C22H34N2O2/c1-16-9-11-18(12-10-16)22(5,6)15-23-19(25)17-8-7-13-24(14-17)20(26)21(2,3)4/h9-12,17H,7-8,13-15H2,1-6H3,(H,23,25). The van der Waals surface area contributed by atoms with Gasteiger partial charge >= 0.3 is 0 Å². The molecule has 1 fully saturated rings. The predicted octanol–water partition coefficient (Wildman–Crippen LogP) is 3.67. The van der Waals surface area contributed by atoms with E-state index in [2.05, 4.69) is 50.4 Å². The van der Waals surface area contributed by atoms with Crippen molar-refractivity contribution in [2.45, 2.75) is 59.8 Å². The molecule has 26 heavy (non-hydrogen) atoms. The fraction of sp³-hybridized carbons (Fsp3) is 0.636. The Labute approximate surface area is 158 Å². The summed E-state index contributed by atoms with van der Waals surface area (Å²) in [5, 5.41) is 3.13. The van der Waals surface area contributed by atoms with E-state index in [0.717, 1.165) is 19.4 Å². The van der Waals surface area contributed by atoms with E-state index < -0.39 is 5.41 Å². The van der Waals surface area contributed by atoms with Gasteiger partial charge in [-0.05, 0) is 25.3 Å². The first-order valence-corrected chi connectivity index (χ1v) is 9.65. The number of piperidine rings is 1. The minimum Gasteiger partial charge on any atom is -0.355 e. The van der Waals surface area contributed by atoms with E-state index in [1.54, 1.807) is 0 Å². The van der Waals surface area contributed by atoms with E-state index in [1.807, 2.05) is 25.7 Å². The molecule has 144 valence electrons. The second-order valence-electron chi connectivity index (χ2n) is 9.31. The summed E-state index contributed by atoms with van der Waals surface area (Å²) in [5.41, 5.74) is 1.93. The van der Waals surface area contributed by atoms with E-state index in [9.17, 15) is 9.59 Å². The number of likely N-dealkylation sites (tertiary alicyclic amines) is 1. The van der Waals surface area contributed by atoms with Gasteiger partial charge in [0.25, 0.3) is 0 Å². The molecule has 1 saturated heterocycles. The van der Waals surface area contributed by atoms with Crippen LogP contribution in [0.25, 0.3) is 0 Å². The van der Waals surface area contributed by atoms with Crippen LogP contribution < -0.4 is 5.32 Å². The number of hydrogen-bond donors (Lipinski definition) is 1. The fourth-order valence-corrected chi connectivity index (χ4v) is 3.41. The van der Waals surface area contributed by atoms with Crippen LogP contribution in [-0.4, -0.2) is 36.3 Å². The van der Waals surface area contributed by atoms with Crippen LogP contribution in [0.3, 0.4) is 0 Å². The zero-order valence-corrected chi connectivity index (χ0v) is 17.2. The summed E-state index contributed by atoms with van der Waals surface area (Å²) in [6, 6.07) is 8.48. The normalized spacial score (nSPS) is 18.5. The van der Waals surface area contributed by atoms with Gasteiger partial charge in [-0.25, -0.2) is 0 Å². The maximum atomic E-state index is 12.7. The Kier molecular flexibility index (Phi) is 6.15. The Morgan fingerprint density at radius 1 is 1.12 bits per heavy atom. The highest BCUT2D eigenvalue weighted by Gasteiger charge is 2.33. The molecular weight excluding hydrogens is 324 g/mol. The molecule has 2 amide bonds. The maximum absolute atomic E-state index is 12.7. The van der Waals surface area contributed by atoms with Crippen LogP contribution in [0.4, 0.5) is 0 Å². The van der Waals surface area contributed by atoms with Gasteiger partial charge in [0, 0.05) is 30.5 Å². The van der Waals surface area contributed by atoms with E-state index in [1.165, 1.54) is 11.1 Å². The summed E-state index contributed by atoms with van der Waals surface area (Å²) < 4.78 is 0. The van der Waals surface area contributed by atoms with Crippen molar-refractivity contribution in [2.24, 2.45) is 11.3 Å². The van der Waals surface area contributed by atoms with Crippen LogP contribution in [0.1, 0.15) is 58.6 Å². The van der Waals surface area contributed by atoms with Crippen molar-refractivity contribution >= 4 is 11.8 Å². The van der Waals surface area contributed by atoms with Gasteiger partial charge in [-0.3, -0.25) is 9.59 Å². The molecule has 1 N–H and O–H groups in total. The predicted molar refractivity (Wildman–Crippen MR) is 106 cm³/mol. The Balaban J connectivity index is 1.94. The number of carbonyl (C=O) groups excluding carboxylic acids is 2. The Hall–Kier alpha value is -1.84. The third-order valence-corrected chi connectivity index (χ3v) is 5.26. The number of nitrogens with one attached hydrogen (secondary N) is 1. The lowest BCUT2D eigenvalue weighted by atomic mass is 9.84. The van der Waals surface area contributed by atoms with Gasteiger partial charge in [-0.15, -0.1) is 0 Å². The molecule has 1 aliphatic rings. The SMILES string of the molecule is Cc1ccc(C(C)(C)CNC(=O)C2CCCN(C(=O)C(C)(C)C)C2)cc1. The monoisotopic (exact) mass is 358 g/mol. The number of rotatable bonds is 4. The molecule has 1 unspecified atom stereocenters. The molecule has 0 bridgehead atoms. The van der Waals surface area contributed by atoms with E-state index >= 15 is 0 Å². The average Bonchev–Trinajstić information content (AvgIpc) is 2.58. The summed E-state index contributed by atoms with van der Waals surface area (Å²) in [5.74, 6) is 0.0930. The number of aryl methyl sites for hydroxylation is 1. The first kappa shape index (κ1) is 20.5. The summed E-state index contributed by atoms with van der Waals surface area (Å²) in [7, 11) is 0. The molecule has 0 spiro atoms. The lowest BCUT2D eigenvalue weighted by molar-refractivity contribution is -0.142. The van der Waals surface area contributed by atoms with Crippen molar-refractivity contribution in [2.75, 3.05) is 19.6 Å². The van der Waals surface area contributed by atoms with Crippen molar-refractivity contribution < 1.29 is 9.59 Å². The van der Waals surface area contributed by atoms with Crippen LogP contribution in [-0.2, 0) is 15.0 Å². The van der Waals surface area contributed by atoms with E-state index in [-0.39, 0.29) is 23.1 Å². The van der Waals surface area contributed by atoms with Crippen molar-refractivity contribution in [1.82, 2.24) is 10.2 Å². The van der Waals surface area contributed by atoms with Gasteiger partial charge in [0.15, 0.2) is 0 Å². The van der Waals surface area contributed by atoms with Crippen LogP contribution in [0, 0.1) is 18.3 Å². The molecule has 1 aliphatic heterocycles. The van der Waals surface area contributed by atoms with Crippen molar-refractivity contribution in [1.29, 1.82) is 0 Å². The molecule has 4 heteroatoms. The number of nitrogens with zero attached hydrogens (tertiary/aromatic N) is 1. The van der Waals surface area contributed by atoms with Gasteiger partial charge < -0.3 is 10.2 Å². The first-order valence-electron chi connectivity index (χ1n) is 9.65. The summed E-state index contributed by atoms with van der Waals surface area (Å²) in [6.45, 7) is 14.1. The third-order valence-electron chi connectivity index (χ3n) is 5.26. The molecule has 1 heterocycles. The third kappa shape index (κ3) is 5.09.